The van der Waals surface area contributed by atoms with Crippen LogP contribution in [0.25, 0.3) is 0 Å². The van der Waals surface area contributed by atoms with E-state index in [4.69, 9.17) is 4.42 Å². The second kappa shape index (κ2) is 5.32. The number of rotatable bonds is 3. The Morgan fingerprint density at radius 2 is 2.14 bits per heavy atom. The van der Waals surface area contributed by atoms with Crippen molar-refractivity contribution in [1.29, 1.82) is 0 Å². The third kappa shape index (κ3) is 2.47. The Kier molecular flexibility index (Phi) is 3.35. The Morgan fingerprint density at radius 3 is 2.86 bits per heavy atom. The minimum Gasteiger partial charge on any atom is -0.481 e. The average Bonchev–Trinajstić information content (AvgIpc) is 3.12. The molecule has 0 aliphatic carbocycles. The first-order valence-electron chi connectivity index (χ1n) is 6.55. The van der Waals surface area contributed by atoms with Crippen LogP contribution in [0.2, 0.25) is 0 Å². The maximum Gasteiger partial charge on any atom is 0.322 e. The van der Waals surface area contributed by atoms with Crippen LogP contribution in [0.1, 0.15) is 17.0 Å². The first-order valence-corrected chi connectivity index (χ1v) is 6.55. The van der Waals surface area contributed by atoms with E-state index in [1.807, 2.05) is 0 Å². The van der Waals surface area contributed by atoms with Crippen molar-refractivity contribution in [3.8, 4) is 0 Å². The highest BCUT2D eigenvalue weighted by Gasteiger charge is 2.36. The molecule has 1 unspecified atom stereocenters. The number of carbonyl (C=O) groups excluding carboxylic acids is 1. The molecule has 0 saturated carbocycles. The topological polar surface area (TPSA) is 82.8 Å². The van der Waals surface area contributed by atoms with Crippen LogP contribution in [-0.4, -0.2) is 23.7 Å². The Hall–Kier alpha value is -2.76. The van der Waals surface area contributed by atoms with E-state index in [0.717, 1.165) is 5.56 Å². The van der Waals surface area contributed by atoms with Crippen molar-refractivity contribution in [1.82, 2.24) is 5.32 Å². The van der Waals surface area contributed by atoms with Gasteiger partial charge >= 0.3 is 12.0 Å². The van der Waals surface area contributed by atoms with Crippen LogP contribution >= 0.6 is 0 Å². The number of para-hydroxylation sites is 1. The van der Waals surface area contributed by atoms with Gasteiger partial charge in [0.2, 0.25) is 0 Å². The molecule has 0 bridgehead atoms. The summed E-state index contributed by atoms with van der Waals surface area (Å²) < 4.78 is 4.93. The predicted octanol–water partition coefficient (Wildman–Crippen LogP) is 2.18. The zero-order valence-electron chi connectivity index (χ0n) is 11.2. The minimum atomic E-state index is -0.924. The van der Waals surface area contributed by atoms with Gasteiger partial charge in [-0.15, -0.1) is 0 Å². The van der Waals surface area contributed by atoms with E-state index in [9.17, 15) is 14.7 Å². The summed E-state index contributed by atoms with van der Waals surface area (Å²) in [6.45, 7) is 0.484. The van der Waals surface area contributed by atoms with Gasteiger partial charge in [-0.25, -0.2) is 4.79 Å². The molecular weight excluding hydrogens is 272 g/mol. The van der Waals surface area contributed by atoms with E-state index in [0.29, 0.717) is 17.8 Å². The molecule has 2 heterocycles. The van der Waals surface area contributed by atoms with Crippen molar-refractivity contribution in [2.24, 2.45) is 0 Å². The Bertz CT molecular complexity index is 666. The average molecular weight is 286 g/mol. The number of fused-ring (bicyclic) bond motifs is 1. The van der Waals surface area contributed by atoms with Crippen molar-refractivity contribution in [3.05, 3.63) is 54.0 Å². The SMILES string of the molecule is O=C(O)C1CN(C(=O)NCc2ccoc2)c2ccccc21. The van der Waals surface area contributed by atoms with Crippen molar-refractivity contribution in [2.75, 3.05) is 11.4 Å². The molecule has 1 aromatic carbocycles. The smallest absolute Gasteiger partial charge is 0.322 e. The summed E-state index contributed by atoms with van der Waals surface area (Å²) in [5.41, 5.74) is 2.17. The van der Waals surface area contributed by atoms with Gasteiger partial charge in [0.15, 0.2) is 0 Å². The maximum atomic E-state index is 12.3. The summed E-state index contributed by atoms with van der Waals surface area (Å²) in [5, 5.41) is 12.0. The molecule has 1 aromatic heterocycles. The summed E-state index contributed by atoms with van der Waals surface area (Å²) in [5.74, 6) is -1.60. The van der Waals surface area contributed by atoms with Gasteiger partial charge in [-0.2, -0.15) is 0 Å². The molecule has 2 amide bonds. The summed E-state index contributed by atoms with van der Waals surface area (Å²) >= 11 is 0. The molecule has 108 valence electrons. The fraction of sp³-hybridized carbons (Fsp3) is 0.200. The summed E-state index contributed by atoms with van der Waals surface area (Å²) in [7, 11) is 0. The number of hydrogen-bond acceptors (Lipinski definition) is 3. The van der Waals surface area contributed by atoms with Gasteiger partial charge in [-0.05, 0) is 17.7 Å². The largest absolute Gasteiger partial charge is 0.481 e. The van der Waals surface area contributed by atoms with E-state index in [2.05, 4.69) is 5.32 Å². The monoisotopic (exact) mass is 286 g/mol. The molecule has 0 spiro atoms. The van der Waals surface area contributed by atoms with Crippen molar-refractivity contribution in [3.63, 3.8) is 0 Å². The highest BCUT2D eigenvalue weighted by molar-refractivity contribution is 5.97. The van der Waals surface area contributed by atoms with Crippen LogP contribution in [0.5, 0.6) is 0 Å². The number of furan rings is 1. The first-order chi connectivity index (χ1) is 10.2. The van der Waals surface area contributed by atoms with Crippen LogP contribution in [0, 0.1) is 0 Å². The van der Waals surface area contributed by atoms with E-state index >= 15 is 0 Å². The van der Waals surface area contributed by atoms with Crippen LogP contribution in [0.15, 0.2) is 47.3 Å². The van der Waals surface area contributed by atoms with E-state index in [1.54, 1.807) is 36.6 Å². The molecule has 3 rings (SSSR count). The number of hydrogen-bond donors (Lipinski definition) is 2. The minimum absolute atomic E-state index is 0.145. The lowest BCUT2D eigenvalue weighted by atomic mass is 10.0. The third-order valence-electron chi connectivity index (χ3n) is 3.54. The molecule has 1 aliphatic rings. The molecule has 2 N–H and O–H groups in total. The Balaban J connectivity index is 1.76. The fourth-order valence-electron chi connectivity index (χ4n) is 2.48. The fourth-order valence-corrected chi connectivity index (χ4v) is 2.48. The molecule has 1 aliphatic heterocycles. The van der Waals surface area contributed by atoms with Crippen LogP contribution in [0.4, 0.5) is 10.5 Å². The van der Waals surface area contributed by atoms with Gasteiger partial charge in [-0.1, -0.05) is 18.2 Å². The zero-order valence-corrected chi connectivity index (χ0v) is 11.2. The van der Waals surface area contributed by atoms with E-state index < -0.39 is 11.9 Å². The zero-order chi connectivity index (χ0) is 14.8. The quantitative estimate of drug-likeness (QED) is 0.906. The molecule has 6 nitrogen and oxygen atoms in total. The first kappa shape index (κ1) is 13.2. The van der Waals surface area contributed by atoms with Crippen molar-refractivity contribution in [2.45, 2.75) is 12.5 Å². The third-order valence-corrected chi connectivity index (χ3v) is 3.54. The van der Waals surface area contributed by atoms with Crippen molar-refractivity contribution < 1.29 is 19.1 Å². The summed E-state index contributed by atoms with van der Waals surface area (Å²) in [6.07, 6.45) is 3.09. The molecule has 0 radical (unpaired) electrons. The molecule has 6 heteroatoms. The maximum absolute atomic E-state index is 12.3. The molecular formula is C15H14N2O4. The molecule has 21 heavy (non-hydrogen) atoms. The second-order valence-corrected chi connectivity index (χ2v) is 4.85. The predicted molar refractivity (Wildman–Crippen MR) is 75.1 cm³/mol. The number of urea groups is 1. The van der Waals surface area contributed by atoms with E-state index in [-0.39, 0.29) is 12.6 Å². The number of nitrogens with one attached hydrogen (secondary N) is 1. The summed E-state index contributed by atoms with van der Waals surface area (Å²) in [4.78, 5) is 25.0. The highest BCUT2D eigenvalue weighted by atomic mass is 16.4. The number of benzene rings is 1. The molecule has 2 aromatic rings. The second-order valence-electron chi connectivity index (χ2n) is 4.85. The lowest BCUT2D eigenvalue weighted by molar-refractivity contribution is -0.138. The number of aliphatic carboxylic acids is 1. The lowest BCUT2D eigenvalue weighted by Crippen LogP contribution is -2.39. The van der Waals surface area contributed by atoms with Gasteiger partial charge in [0, 0.05) is 24.3 Å². The van der Waals surface area contributed by atoms with Gasteiger partial charge in [0.05, 0.1) is 12.5 Å². The number of anilines is 1. The van der Waals surface area contributed by atoms with Crippen molar-refractivity contribution >= 4 is 17.7 Å². The highest BCUT2D eigenvalue weighted by Crippen LogP contribution is 2.36. The van der Waals surface area contributed by atoms with Gasteiger partial charge in [0.1, 0.15) is 5.92 Å². The van der Waals surface area contributed by atoms with Gasteiger partial charge in [0.25, 0.3) is 0 Å². The lowest BCUT2D eigenvalue weighted by Gasteiger charge is -2.17. The van der Waals surface area contributed by atoms with Gasteiger partial charge in [-0.3, -0.25) is 9.69 Å². The number of carbonyl (C=O) groups is 2. The normalized spacial score (nSPS) is 16.6. The van der Waals surface area contributed by atoms with Crippen LogP contribution < -0.4 is 10.2 Å². The number of carboxylic acid groups (broad SMARTS) is 1. The Labute approximate surface area is 121 Å². The summed E-state index contributed by atoms with van der Waals surface area (Å²) in [6, 6.07) is 8.53. The van der Waals surface area contributed by atoms with Crippen LogP contribution in [0.3, 0.4) is 0 Å². The van der Waals surface area contributed by atoms with Gasteiger partial charge < -0.3 is 14.8 Å². The Morgan fingerprint density at radius 1 is 1.33 bits per heavy atom. The number of nitrogens with zero attached hydrogens (tertiary/aromatic N) is 1. The molecule has 0 fully saturated rings. The molecule has 1 atom stereocenters. The van der Waals surface area contributed by atoms with Crippen LogP contribution in [-0.2, 0) is 11.3 Å². The number of amides is 2. The standard InChI is InChI=1S/C15H14N2O4/c18-14(19)12-8-17(13-4-2-1-3-11(12)13)15(20)16-7-10-5-6-21-9-10/h1-6,9,12H,7-8H2,(H,16,20)(H,18,19). The molecule has 0 saturated heterocycles. The number of carboxylic acids is 1. The van der Waals surface area contributed by atoms with E-state index in [1.165, 1.54) is 11.2 Å².